The largest absolute Gasteiger partial charge is 0.493 e. The fourth-order valence-corrected chi connectivity index (χ4v) is 2.21. The van der Waals surface area contributed by atoms with Crippen LogP contribution in [-0.4, -0.2) is 13.7 Å². The van der Waals surface area contributed by atoms with E-state index >= 15 is 0 Å². The lowest BCUT2D eigenvalue weighted by Gasteiger charge is -2.15. The summed E-state index contributed by atoms with van der Waals surface area (Å²) in [4.78, 5) is 0. The molecule has 0 bridgehead atoms. The van der Waals surface area contributed by atoms with Crippen molar-refractivity contribution in [2.45, 2.75) is 13.5 Å². The lowest BCUT2D eigenvalue weighted by molar-refractivity contribution is 0.309. The molecule has 0 atom stereocenters. The van der Waals surface area contributed by atoms with Gasteiger partial charge >= 0.3 is 0 Å². The number of hydrogen-bond donors (Lipinski definition) is 1. The molecule has 2 aromatic carbocycles. The number of ether oxygens (including phenoxy) is 2. The molecule has 0 heterocycles. The van der Waals surface area contributed by atoms with Gasteiger partial charge in [-0.1, -0.05) is 29.8 Å². The molecule has 0 aliphatic rings. The lowest BCUT2D eigenvalue weighted by Crippen LogP contribution is -2.05. The van der Waals surface area contributed by atoms with Gasteiger partial charge in [0.25, 0.3) is 0 Å². The van der Waals surface area contributed by atoms with Crippen LogP contribution in [0.1, 0.15) is 12.5 Å². The van der Waals surface area contributed by atoms with E-state index in [0.29, 0.717) is 30.3 Å². The normalized spacial score (nSPS) is 10.3. The fraction of sp³-hybridized carbons (Fsp3) is 0.250. The van der Waals surface area contributed by atoms with E-state index in [9.17, 15) is 4.39 Å². The summed E-state index contributed by atoms with van der Waals surface area (Å²) < 4.78 is 24.7. The zero-order valence-corrected chi connectivity index (χ0v) is 12.7. The third-order valence-electron chi connectivity index (χ3n) is 2.99. The molecule has 0 spiro atoms. The summed E-state index contributed by atoms with van der Waals surface area (Å²) in [5.41, 5.74) is 1.23. The van der Waals surface area contributed by atoms with E-state index in [1.54, 1.807) is 19.2 Å². The second-order valence-electron chi connectivity index (χ2n) is 4.34. The Labute approximate surface area is 128 Å². The van der Waals surface area contributed by atoms with Gasteiger partial charge in [-0.15, -0.1) is 0 Å². The molecule has 0 aliphatic heterocycles. The Balaban J connectivity index is 2.20. The van der Waals surface area contributed by atoms with Crippen molar-refractivity contribution in [2.75, 3.05) is 19.0 Å². The average Bonchev–Trinajstić information content (AvgIpc) is 2.49. The number of hydrogen-bond acceptors (Lipinski definition) is 3. The summed E-state index contributed by atoms with van der Waals surface area (Å²) in [6.07, 6.45) is 0. The van der Waals surface area contributed by atoms with Gasteiger partial charge in [0, 0.05) is 12.1 Å². The number of nitrogens with one attached hydrogen (secondary N) is 1. The van der Waals surface area contributed by atoms with E-state index in [4.69, 9.17) is 21.1 Å². The summed E-state index contributed by atoms with van der Waals surface area (Å²) in [6.45, 7) is 2.86. The highest BCUT2D eigenvalue weighted by Gasteiger charge is 2.11. The summed E-state index contributed by atoms with van der Waals surface area (Å²) in [5.74, 6) is 0.860. The highest BCUT2D eigenvalue weighted by molar-refractivity contribution is 6.31. The third-order valence-corrected chi connectivity index (χ3v) is 3.28. The molecule has 0 saturated heterocycles. The van der Waals surface area contributed by atoms with Gasteiger partial charge in [-0.05, 0) is 25.1 Å². The number of benzene rings is 2. The Morgan fingerprint density at radius 1 is 1.19 bits per heavy atom. The molecular weight excluding hydrogens is 293 g/mol. The van der Waals surface area contributed by atoms with Crippen LogP contribution in [0, 0.1) is 5.82 Å². The number of para-hydroxylation sites is 1. The first-order chi connectivity index (χ1) is 10.2. The van der Waals surface area contributed by atoms with E-state index < -0.39 is 5.82 Å². The molecule has 0 saturated carbocycles. The Morgan fingerprint density at radius 3 is 2.67 bits per heavy atom. The van der Waals surface area contributed by atoms with Crippen LogP contribution < -0.4 is 14.8 Å². The van der Waals surface area contributed by atoms with Crippen LogP contribution in [0.3, 0.4) is 0 Å². The maximum absolute atomic E-state index is 13.8. The molecule has 2 aromatic rings. The zero-order chi connectivity index (χ0) is 15.2. The van der Waals surface area contributed by atoms with Crippen LogP contribution in [0.2, 0.25) is 5.02 Å². The highest BCUT2D eigenvalue weighted by atomic mass is 35.5. The molecule has 0 fully saturated rings. The van der Waals surface area contributed by atoms with Gasteiger partial charge in [-0.3, -0.25) is 0 Å². The predicted octanol–water partition coefficient (Wildman–Crippen LogP) is 4.50. The molecule has 2 rings (SSSR count). The Bertz CT molecular complexity index is 619. The van der Waals surface area contributed by atoms with Crippen LogP contribution in [0.5, 0.6) is 11.5 Å². The van der Waals surface area contributed by atoms with Crippen LogP contribution >= 0.6 is 11.6 Å². The van der Waals surface area contributed by atoms with Crippen LogP contribution in [0.25, 0.3) is 0 Å². The van der Waals surface area contributed by atoms with Gasteiger partial charge in [-0.25, -0.2) is 4.39 Å². The molecule has 0 unspecified atom stereocenters. The molecule has 21 heavy (non-hydrogen) atoms. The standard InChI is InChI=1S/C16H17ClFNO2/c1-3-21-14-9-4-6-11(16(14)20-2)10-19-13-8-5-7-12(17)15(13)18/h4-9,19H,3,10H2,1-2H3. The molecule has 1 N–H and O–H groups in total. The first-order valence-corrected chi connectivity index (χ1v) is 7.01. The van der Waals surface area contributed by atoms with Crippen molar-refractivity contribution in [1.29, 1.82) is 0 Å². The van der Waals surface area contributed by atoms with E-state index in [1.807, 2.05) is 25.1 Å². The number of anilines is 1. The molecule has 0 aromatic heterocycles. The van der Waals surface area contributed by atoms with Crippen LogP contribution in [0.15, 0.2) is 36.4 Å². The lowest BCUT2D eigenvalue weighted by atomic mass is 10.1. The first-order valence-electron chi connectivity index (χ1n) is 6.64. The Morgan fingerprint density at radius 2 is 1.95 bits per heavy atom. The van der Waals surface area contributed by atoms with Crippen molar-refractivity contribution < 1.29 is 13.9 Å². The predicted molar refractivity (Wildman–Crippen MR) is 82.9 cm³/mol. The minimum atomic E-state index is -0.459. The second kappa shape index (κ2) is 7.18. The maximum Gasteiger partial charge on any atom is 0.165 e. The minimum absolute atomic E-state index is 0.0926. The average molecular weight is 310 g/mol. The third kappa shape index (κ3) is 3.58. The Kier molecular flexibility index (Phi) is 5.28. The van der Waals surface area contributed by atoms with Gasteiger partial charge in [0.05, 0.1) is 24.4 Å². The zero-order valence-electron chi connectivity index (χ0n) is 12.0. The van der Waals surface area contributed by atoms with Crippen molar-refractivity contribution in [3.8, 4) is 11.5 Å². The summed E-state index contributed by atoms with van der Waals surface area (Å²) in [6, 6.07) is 10.5. The number of halogens is 2. The van der Waals surface area contributed by atoms with Crippen molar-refractivity contribution in [3.05, 3.63) is 52.8 Å². The van der Waals surface area contributed by atoms with Crippen molar-refractivity contribution in [2.24, 2.45) is 0 Å². The maximum atomic E-state index is 13.8. The molecule has 112 valence electrons. The van der Waals surface area contributed by atoms with Crippen molar-refractivity contribution in [1.82, 2.24) is 0 Å². The van der Waals surface area contributed by atoms with Crippen molar-refractivity contribution in [3.63, 3.8) is 0 Å². The Hall–Kier alpha value is -1.94. The van der Waals surface area contributed by atoms with Gasteiger partial charge in [0.1, 0.15) is 0 Å². The van der Waals surface area contributed by atoms with E-state index in [0.717, 1.165) is 5.56 Å². The number of methoxy groups -OCH3 is 1. The monoisotopic (exact) mass is 309 g/mol. The number of rotatable bonds is 6. The SMILES string of the molecule is CCOc1cccc(CNc2cccc(Cl)c2F)c1OC. The molecular formula is C16H17ClFNO2. The summed E-state index contributed by atoms with van der Waals surface area (Å²) in [7, 11) is 1.58. The van der Waals surface area contributed by atoms with E-state index in [-0.39, 0.29) is 5.02 Å². The molecule has 5 heteroatoms. The minimum Gasteiger partial charge on any atom is -0.493 e. The van der Waals surface area contributed by atoms with Crippen LogP contribution in [-0.2, 0) is 6.54 Å². The summed E-state index contributed by atoms with van der Waals surface area (Å²) >= 11 is 5.76. The van der Waals surface area contributed by atoms with Gasteiger partial charge in [-0.2, -0.15) is 0 Å². The van der Waals surface area contributed by atoms with Gasteiger partial charge < -0.3 is 14.8 Å². The van der Waals surface area contributed by atoms with Gasteiger partial charge in [0.2, 0.25) is 0 Å². The quantitative estimate of drug-likeness (QED) is 0.852. The topological polar surface area (TPSA) is 30.5 Å². The van der Waals surface area contributed by atoms with E-state index in [1.165, 1.54) is 6.07 Å². The molecule has 0 amide bonds. The molecule has 0 radical (unpaired) electrons. The fourth-order valence-electron chi connectivity index (χ4n) is 2.03. The van der Waals surface area contributed by atoms with Crippen molar-refractivity contribution >= 4 is 17.3 Å². The highest BCUT2D eigenvalue weighted by Crippen LogP contribution is 2.32. The van der Waals surface area contributed by atoms with E-state index in [2.05, 4.69) is 5.32 Å². The first kappa shape index (κ1) is 15.4. The smallest absolute Gasteiger partial charge is 0.165 e. The van der Waals surface area contributed by atoms with Crippen LogP contribution in [0.4, 0.5) is 10.1 Å². The second-order valence-corrected chi connectivity index (χ2v) is 4.74. The molecule has 0 aliphatic carbocycles. The summed E-state index contributed by atoms with van der Waals surface area (Å²) in [5, 5.41) is 3.11. The molecule has 3 nitrogen and oxygen atoms in total. The van der Waals surface area contributed by atoms with Gasteiger partial charge in [0.15, 0.2) is 17.3 Å².